The normalized spacial score (nSPS) is 10.4. The molecule has 1 N–H and O–H groups in total. The number of rotatable bonds is 3. The first kappa shape index (κ1) is 16.2. The summed E-state index contributed by atoms with van der Waals surface area (Å²) in [5.74, 6) is -0.306. The largest absolute Gasteiger partial charge is 0.618 e. The smallest absolute Gasteiger partial charge is 0.262 e. The molecule has 24 heavy (non-hydrogen) atoms. The summed E-state index contributed by atoms with van der Waals surface area (Å²) in [4.78, 5) is 12.4. The summed E-state index contributed by atoms with van der Waals surface area (Å²) in [6.45, 7) is 1.65. The molecule has 1 heterocycles. The first-order chi connectivity index (χ1) is 11.6. The van der Waals surface area contributed by atoms with Crippen molar-refractivity contribution in [1.82, 2.24) is 0 Å². The van der Waals surface area contributed by atoms with Gasteiger partial charge >= 0.3 is 0 Å². The Bertz CT molecular complexity index is 878. The quantitative estimate of drug-likeness (QED) is 0.541. The van der Waals surface area contributed by atoms with Crippen molar-refractivity contribution in [2.45, 2.75) is 6.92 Å². The van der Waals surface area contributed by atoms with Crippen LogP contribution in [0.3, 0.4) is 0 Å². The molecule has 0 radical (unpaired) electrons. The highest BCUT2D eigenvalue weighted by atomic mass is 79.9. The highest BCUT2D eigenvalue weighted by Gasteiger charge is 2.19. The standard InChI is InChI=1S/C19H15BrN2O2/c1-13-17(19(23)21-16-9-7-15(20)8-10-16)11-12-18(22(13)24)14-5-3-2-4-6-14/h2-12H,1H3,(H,21,23). The molecular formula is C19H15BrN2O2. The predicted molar refractivity (Wildman–Crippen MR) is 97.7 cm³/mol. The van der Waals surface area contributed by atoms with Crippen LogP contribution in [-0.2, 0) is 0 Å². The summed E-state index contributed by atoms with van der Waals surface area (Å²) in [7, 11) is 0. The molecule has 4 nitrogen and oxygen atoms in total. The highest BCUT2D eigenvalue weighted by molar-refractivity contribution is 9.10. The molecule has 2 aromatic carbocycles. The van der Waals surface area contributed by atoms with Crippen LogP contribution in [0.2, 0.25) is 0 Å². The summed E-state index contributed by atoms with van der Waals surface area (Å²) >= 11 is 3.35. The van der Waals surface area contributed by atoms with Crippen LogP contribution in [0.1, 0.15) is 16.1 Å². The van der Waals surface area contributed by atoms with E-state index in [0.29, 0.717) is 22.6 Å². The third-order valence-corrected chi connectivity index (χ3v) is 4.27. The molecule has 5 heteroatoms. The molecule has 0 atom stereocenters. The van der Waals surface area contributed by atoms with Crippen molar-refractivity contribution in [3.05, 3.63) is 87.7 Å². The van der Waals surface area contributed by atoms with Gasteiger partial charge in [0, 0.05) is 28.7 Å². The molecule has 120 valence electrons. The number of carbonyl (C=O) groups is 1. The van der Waals surface area contributed by atoms with E-state index in [0.717, 1.165) is 14.8 Å². The van der Waals surface area contributed by atoms with Crippen LogP contribution in [0.5, 0.6) is 0 Å². The Labute approximate surface area is 148 Å². The van der Waals surface area contributed by atoms with Gasteiger partial charge in [-0.2, -0.15) is 4.73 Å². The fourth-order valence-corrected chi connectivity index (χ4v) is 2.70. The lowest BCUT2D eigenvalue weighted by Crippen LogP contribution is -2.35. The van der Waals surface area contributed by atoms with Gasteiger partial charge in [-0.25, -0.2) is 0 Å². The van der Waals surface area contributed by atoms with Gasteiger partial charge in [-0.15, -0.1) is 0 Å². The maximum absolute atomic E-state index is 12.5. The predicted octanol–water partition coefficient (Wildman–Crippen LogP) is 4.31. The number of aromatic nitrogens is 1. The second-order valence-electron chi connectivity index (χ2n) is 5.34. The summed E-state index contributed by atoms with van der Waals surface area (Å²) < 4.78 is 1.73. The van der Waals surface area contributed by atoms with Gasteiger partial charge < -0.3 is 10.5 Å². The van der Waals surface area contributed by atoms with Gasteiger partial charge in [0.1, 0.15) is 5.56 Å². The monoisotopic (exact) mass is 382 g/mol. The molecule has 0 aliphatic heterocycles. The number of halogens is 1. The van der Waals surface area contributed by atoms with E-state index >= 15 is 0 Å². The summed E-state index contributed by atoms with van der Waals surface area (Å²) in [6.07, 6.45) is 0. The van der Waals surface area contributed by atoms with Crippen LogP contribution in [-0.4, -0.2) is 5.91 Å². The SMILES string of the molecule is Cc1c(C(=O)Nc2ccc(Br)cc2)ccc(-c2ccccc2)[n+]1[O-]. The number of hydrogen-bond acceptors (Lipinski definition) is 2. The van der Waals surface area contributed by atoms with E-state index < -0.39 is 0 Å². The van der Waals surface area contributed by atoms with Gasteiger partial charge in [-0.1, -0.05) is 34.1 Å². The molecule has 0 fully saturated rings. The second-order valence-corrected chi connectivity index (χ2v) is 6.25. The van der Waals surface area contributed by atoms with Gasteiger partial charge in [0.05, 0.1) is 0 Å². The summed E-state index contributed by atoms with van der Waals surface area (Å²) in [6, 6.07) is 20.0. The van der Waals surface area contributed by atoms with Crippen molar-refractivity contribution in [3.63, 3.8) is 0 Å². The highest BCUT2D eigenvalue weighted by Crippen LogP contribution is 2.19. The van der Waals surface area contributed by atoms with Gasteiger partial charge in [0.15, 0.2) is 0 Å². The first-order valence-corrected chi connectivity index (χ1v) is 8.21. The van der Waals surface area contributed by atoms with E-state index in [1.54, 1.807) is 31.2 Å². The molecule has 3 rings (SSSR count). The van der Waals surface area contributed by atoms with Crippen LogP contribution >= 0.6 is 15.9 Å². The number of pyridine rings is 1. The number of carbonyl (C=O) groups excluding carboxylic acids is 1. The number of nitrogens with one attached hydrogen (secondary N) is 1. The van der Waals surface area contributed by atoms with Crippen molar-refractivity contribution in [1.29, 1.82) is 0 Å². The van der Waals surface area contributed by atoms with Crippen LogP contribution in [0, 0.1) is 12.1 Å². The molecule has 0 unspecified atom stereocenters. The minimum Gasteiger partial charge on any atom is -0.618 e. The minimum absolute atomic E-state index is 0.306. The van der Waals surface area contributed by atoms with Crippen molar-refractivity contribution in [2.75, 3.05) is 5.32 Å². The molecule has 0 aliphatic carbocycles. The molecule has 3 aromatic rings. The van der Waals surface area contributed by atoms with Crippen LogP contribution in [0.25, 0.3) is 11.3 Å². The van der Waals surface area contributed by atoms with E-state index in [1.807, 2.05) is 42.5 Å². The summed E-state index contributed by atoms with van der Waals surface area (Å²) in [5, 5.41) is 15.3. The number of anilines is 1. The lowest BCUT2D eigenvalue weighted by molar-refractivity contribution is -0.600. The van der Waals surface area contributed by atoms with E-state index in [1.165, 1.54) is 0 Å². The fourth-order valence-electron chi connectivity index (χ4n) is 2.43. The maximum Gasteiger partial charge on any atom is 0.262 e. The third kappa shape index (κ3) is 3.31. The van der Waals surface area contributed by atoms with E-state index in [9.17, 15) is 10.0 Å². The Kier molecular flexibility index (Phi) is 4.62. The fraction of sp³-hybridized carbons (Fsp3) is 0.0526. The Balaban J connectivity index is 1.90. The van der Waals surface area contributed by atoms with Crippen LogP contribution < -0.4 is 10.0 Å². The summed E-state index contributed by atoms with van der Waals surface area (Å²) in [5.41, 5.74) is 2.73. The van der Waals surface area contributed by atoms with Crippen molar-refractivity contribution in [3.8, 4) is 11.3 Å². The zero-order valence-corrected chi connectivity index (χ0v) is 14.6. The van der Waals surface area contributed by atoms with Gasteiger partial charge in [-0.3, -0.25) is 4.79 Å². The van der Waals surface area contributed by atoms with E-state index in [-0.39, 0.29) is 5.91 Å². The zero-order valence-electron chi connectivity index (χ0n) is 13.0. The minimum atomic E-state index is -0.306. The number of benzene rings is 2. The van der Waals surface area contributed by atoms with Crippen molar-refractivity contribution in [2.24, 2.45) is 0 Å². The van der Waals surface area contributed by atoms with Gasteiger partial charge in [-0.05, 0) is 42.5 Å². The van der Waals surface area contributed by atoms with Crippen molar-refractivity contribution >= 4 is 27.5 Å². The molecular weight excluding hydrogens is 368 g/mol. The molecule has 1 amide bonds. The Morgan fingerprint density at radius 2 is 1.67 bits per heavy atom. The average Bonchev–Trinajstić information content (AvgIpc) is 2.60. The van der Waals surface area contributed by atoms with Crippen LogP contribution in [0.4, 0.5) is 5.69 Å². The number of nitrogens with zero attached hydrogens (tertiary/aromatic N) is 1. The Hall–Kier alpha value is -2.66. The maximum atomic E-state index is 12.5. The van der Waals surface area contributed by atoms with E-state index in [4.69, 9.17) is 0 Å². The molecule has 1 aromatic heterocycles. The topological polar surface area (TPSA) is 56.0 Å². The lowest BCUT2D eigenvalue weighted by atomic mass is 10.1. The molecule has 0 spiro atoms. The Morgan fingerprint density at radius 3 is 2.33 bits per heavy atom. The van der Waals surface area contributed by atoms with Gasteiger partial charge in [0.25, 0.3) is 5.91 Å². The Morgan fingerprint density at radius 1 is 1.00 bits per heavy atom. The van der Waals surface area contributed by atoms with Crippen molar-refractivity contribution < 1.29 is 9.52 Å². The third-order valence-electron chi connectivity index (χ3n) is 3.74. The second kappa shape index (κ2) is 6.84. The molecule has 0 saturated heterocycles. The number of hydrogen-bond donors (Lipinski definition) is 1. The van der Waals surface area contributed by atoms with Gasteiger partial charge in [0.2, 0.25) is 11.4 Å². The van der Waals surface area contributed by atoms with Crippen LogP contribution in [0.15, 0.2) is 71.2 Å². The zero-order chi connectivity index (χ0) is 17.1. The molecule has 0 aliphatic rings. The lowest BCUT2D eigenvalue weighted by Gasteiger charge is -2.11. The molecule has 0 saturated carbocycles. The van der Waals surface area contributed by atoms with E-state index in [2.05, 4.69) is 21.2 Å². The first-order valence-electron chi connectivity index (χ1n) is 7.42. The number of amides is 1. The average molecular weight is 383 g/mol. The molecule has 0 bridgehead atoms.